The predicted molar refractivity (Wildman–Crippen MR) is 257 cm³/mol. The van der Waals surface area contributed by atoms with Crippen molar-refractivity contribution in [1.82, 2.24) is 4.57 Å². The predicted octanol–water partition coefficient (Wildman–Crippen LogP) is 15.5. The van der Waals surface area contributed by atoms with Crippen LogP contribution in [0.25, 0.3) is 92.8 Å². The lowest BCUT2D eigenvalue weighted by Crippen LogP contribution is -1.96. The average molecular weight is 758 g/mol. The van der Waals surface area contributed by atoms with E-state index in [9.17, 15) is 0 Å². The molecule has 10 aromatic rings. The molecule has 0 bridgehead atoms. The van der Waals surface area contributed by atoms with E-state index >= 15 is 0 Å². The van der Waals surface area contributed by atoms with E-state index in [1.165, 1.54) is 70.7 Å². The summed E-state index contributed by atoms with van der Waals surface area (Å²) in [5, 5.41) is 15.6. The molecular weight excluding hydrogens is 715 g/mol. The molecule has 0 atom stereocenters. The van der Waals surface area contributed by atoms with Crippen LogP contribution in [0.5, 0.6) is 0 Å². The smallest absolute Gasteiger partial charge is 0.0941 e. The lowest BCUT2D eigenvalue weighted by Gasteiger charge is -2.14. The van der Waals surface area contributed by atoms with Crippen molar-refractivity contribution < 1.29 is 0 Å². The molecule has 0 aliphatic rings. The summed E-state index contributed by atoms with van der Waals surface area (Å²) >= 11 is 0. The number of nitrogens with zero attached hydrogens (tertiary/aromatic N) is 2. The van der Waals surface area contributed by atoms with Gasteiger partial charge in [0.1, 0.15) is 0 Å². The molecule has 0 radical (unpaired) electrons. The van der Waals surface area contributed by atoms with Gasteiger partial charge >= 0.3 is 0 Å². The fourth-order valence-electron chi connectivity index (χ4n) is 9.01. The average Bonchev–Trinajstić information content (AvgIpc) is 3.62. The molecule has 0 saturated heterocycles. The number of allylic oxidation sites excluding steroid dienone is 5. The second kappa shape index (κ2) is 15.1. The van der Waals surface area contributed by atoms with Crippen LogP contribution in [0.4, 0.5) is 11.4 Å². The largest absolute Gasteiger partial charge is 0.386 e. The highest BCUT2D eigenvalue weighted by Gasteiger charge is 2.17. The Kier molecular flexibility index (Phi) is 9.19. The summed E-state index contributed by atoms with van der Waals surface area (Å²) in [6, 6.07) is 61.4. The van der Waals surface area contributed by atoms with Gasteiger partial charge in [-0.25, -0.2) is 0 Å². The van der Waals surface area contributed by atoms with E-state index in [1.807, 2.05) is 19.3 Å². The number of fused-ring (bicyclic) bond motifs is 8. The zero-order valence-corrected chi connectivity index (χ0v) is 33.3. The molecule has 0 spiro atoms. The molecular formula is C56H43N3. The number of aromatic nitrogens is 1. The standard InChI is InChI=1S/C56H43N3/c1-4-37(32-33-58-56-50-25-13-11-23-48(50)47-22-10-12-24-49(47)55(56)57-3)34-42(5-2)59-53-30-28-40(45-26-14-18-38-16-6-8-20-43(38)45)35-51(53)52-36-41(29-31-54(52)59)46-27-15-19-39-17-7-9-21-44(39)46/h4-31,33-36,57H,2,32H2,1,3H3/b37-4-,42-34+,58-33?. The molecule has 1 aromatic heterocycles. The van der Waals surface area contributed by atoms with E-state index in [0.29, 0.717) is 6.42 Å². The number of rotatable bonds is 9. The van der Waals surface area contributed by atoms with E-state index in [2.05, 4.69) is 205 Å². The Balaban J connectivity index is 1.11. The van der Waals surface area contributed by atoms with Crippen molar-refractivity contribution in [3.05, 3.63) is 200 Å². The Morgan fingerprint density at radius 2 is 1.05 bits per heavy atom. The maximum absolute atomic E-state index is 5.17. The third kappa shape index (κ3) is 6.20. The number of nitrogens with one attached hydrogen (secondary N) is 1. The van der Waals surface area contributed by atoms with Gasteiger partial charge in [-0.2, -0.15) is 0 Å². The molecule has 0 aliphatic heterocycles. The Hall–Kier alpha value is -7.49. The number of anilines is 1. The number of aliphatic imine (C=N–C) groups is 1. The van der Waals surface area contributed by atoms with Crippen molar-refractivity contribution in [1.29, 1.82) is 0 Å². The molecule has 1 heterocycles. The first-order valence-electron chi connectivity index (χ1n) is 20.3. The molecule has 0 saturated carbocycles. The van der Waals surface area contributed by atoms with Crippen LogP contribution in [-0.4, -0.2) is 17.8 Å². The lowest BCUT2D eigenvalue weighted by molar-refractivity contribution is 1.22. The van der Waals surface area contributed by atoms with Crippen LogP contribution in [0.2, 0.25) is 0 Å². The highest BCUT2D eigenvalue weighted by molar-refractivity contribution is 6.20. The highest BCUT2D eigenvalue weighted by Crippen LogP contribution is 2.43. The summed E-state index contributed by atoms with van der Waals surface area (Å²) in [5.74, 6) is 0. The van der Waals surface area contributed by atoms with Crippen molar-refractivity contribution in [3.8, 4) is 22.3 Å². The fraction of sp³-hybridized carbons (Fsp3) is 0.0536. The minimum absolute atomic E-state index is 0.658. The van der Waals surface area contributed by atoms with E-state index in [0.717, 1.165) is 39.1 Å². The van der Waals surface area contributed by atoms with Crippen LogP contribution < -0.4 is 5.32 Å². The Labute approximate surface area is 344 Å². The first kappa shape index (κ1) is 35.9. The van der Waals surface area contributed by atoms with Crippen LogP contribution in [0.1, 0.15) is 13.3 Å². The van der Waals surface area contributed by atoms with Crippen molar-refractivity contribution in [2.75, 3.05) is 12.4 Å². The van der Waals surface area contributed by atoms with Gasteiger partial charge in [0.25, 0.3) is 0 Å². The number of benzene rings is 9. The van der Waals surface area contributed by atoms with E-state index in [-0.39, 0.29) is 0 Å². The first-order valence-corrected chi connectivity index (χ1v) is 20.3. The monoisotopic (exact) mass is 757 g/mol. The molecule has 3 heteroatoms. The van der Waals surface area contributed by atoms with Gasteiger partial charge in [0.15, 0.2) is 0 Å². The van der Waals surface area contributed by atoms with Gasteiger partial charge in [-0.15, -0.1) is 0 Å². The molecule has 9 aromatic carbocycles. The molecule has 10 rings (SSSR count). The number of hydrogen-bond acceptors (Lipinski definition) is 2. The van der Waals surface area contributed by atoms with Crippen LogP contribution in [-0.2, 0) is 0 Å². The molecule has 59 heavy (non-hydrogen) atoms. The molecule has 0 amide bonds. The van der Waals surface area contributed by atoms with Gasteiger partial charge in [-0.3, -0.25) is 4.99 Å². The minimum atomic E-state index is 0.658. The highest BCUT2D eigenvalue weighted by atomic mass is 15.0. The summed E-state index contributed by atoms with van der Waals surface area (Å²) in [5.41, 5.74) is 11.3. The van der Waals surface area contributed by atoms with Crippen molar-refractivity contribution in [2.24, 2.45) is 4.99 Å². The summed E-state index contributed by atoms with van der Waals surface area (Å²) in [6.07, 6.45) is 9.12. The molecule has 3 nitrogen and oxygen atoms in total. The van der Waals surface area contributed by atoms with E-state index in [1.54, 1.807) is 0 Å². The molecule has 0 fully saturated rings. The zero-order chi connectivity index (χ0) is 39.9. The Bertz CT molecular complexity index is 3230. The summed E-state index contributed by atoms with van der Waals surface area (Å²) in [4.78, 5) is 5.17. The fourth-order valence-corrected chi connectivity index (χ4v) is 9.01. The molecule has 0 unspecified atom stereocenters. The summed E-state index contributed by atoms with van der Waals surface area (Å²) in [6.45, 7) is 6.47. The zero-order valence-electron chi connectivity index (χ0n) is 33.3. The SMILES string of the molecule is C=C/C(=C\C(=C/C)CC=Nc1c(NC)c2ccccc2c2ccccc12)n1c2ccc(-c3cccc4ccccc34)cc2c2cc(-c3cccc4ccccc34)ccc21. The van der Waals surface area contributed by atoms with Crippen molar-refractivity contribution in [3.63, 3.8) is 0 Å². The second-order valence-corrected chi connectivity index (χ2v) is 15.1. The van der Waals surface area contributed by atoms with Crippen LogP contribution >= 0.6 is 0 Å². The molecule has 0 aliphatic carbocycles. The van der Waals surface area contributed by atoms with E-state index < -0.39 is 0 Å². The van der Waals surface area contributed by atoms with Crippen LogP contribution in [0.15, 0.2) is 205 Å². The Morgan fingerprint density at radius 3 is 1.59 bits per heavy atom. The maximum atomic E-state index is 5.17. The first-order chi connectivity index (χ1) is 29.1. The molecule has 1 N–H and O–H groups in total. The van der Waals surface area contributed by atoms with E-state index in [4.69, 9.17) is 4.99 Å². The normalized spacial score (nSPS) is 12.5. The van der Waals surface area contributed by atoms with Gasteiger partial charge in [-0.1, -0.05) is 158 Å². The maximum Gasteiger partial charge on any atom is 0.0941 e. The van der Waals surface area contributed by atoms with Gasteiger partial charge in [0.2, 0.25) is 0 Å². The topological polar surface area (TPSA) is 29.3 Å². The Morgan fingerprint density at radius 1 is 0.559 bits per heavy atom. The van der Waals surface area contributed by atoms with Gasteiger partial charge < -0.3 is 9.88 Å². The minimum Gasteiger partial charge on any atom is -0.386 e. The van der Waals surface area contributed by atoms with Crippen molar-refractivity contribution >= 4 is 88.2 Å². The third-order valence-electron chi connectivity index (χ3n) is 11.8. The summed E-state index contributed by atoms with van der Waals surface area (Å²) < 4.78 is 2.37. The number of hydrogen-bond donors (Lipinski definition) is 1. The lowest BCUT2D eigenvalue weighted by atomic mass is 9.95. The van der Waals surface area contributed by atoms with Gasteiger partial charge in [0, 0.05) is 46.9 Å². The van der Waals surface area contributed by atoms with Crippen molar-refractivity contribution in [2.45, 2.75) is 13.3 Å². The van der Waals surface area contributed by atoms with Gasteiger partial charge in [-0.05, 0) is 103 Å². The third-order valence-corrected chi connectivity index (χ3v) is 11.8. The second-order valence-electron chi connectivity index (χ2n) is 15.1. The quantitative estimate of drug-likeness (QED) is 0.0887. The van der Waals surface area contributed by atoms with Crippen LogP contribution in [0.3, 0.4) is 0 Å². The van der Waals surface area contributed by atoms with Gasteiger partial charge in [0.05, 0.1) is 22.4 Å². The van der Waals surface area contributed by atoms with Crippen LogP contribution in [0, 0.1) is 0 Å². The molecule has 282 valence electrons. The summed E-state index contributed by atoms with van der Waals surface area (Å²) in [7, 11) is 1.98.